The van der Waals surface area contributed by atoms with Gasteiger partial charge in [0, 0.05) is 5.56 Å². The molecule has 16 heavy (non-hydrogen) atoms. The third kappa shape index (κ3) is 1.95. The lowest BCUT2D eigenvalue weighted by Gasteiger charge is -2.11. The predicted octanol–water partition coefficient (Wildman–Crippen LogP) is 2.42. The lowest BCUT2D eigenvalue weighted by Crippen LogP contribution is -2.10. The van der Waals surface area contributed by atoms with Gasteiger partial charge < -0.3 is 10.2 Å². The van der Waals surface area contributed by atoms with Gasteiger partial charge in [-0.1, -0.05) is 12.6 Å². The monoisotopic (exact) mass is 220 g/mol. The number of carbonyl (C=O) groups is 2. The van der Waals surface area contributed by atoms with Crippen LogP contribution >= 0.6 is 0 Å². The first-order valence-electron chi connectivity index (χ1n) is 4.62. The molecule has 1 aromatic carbocycles. The van der Waals surface area contributed by atoms with E-state index in [9.17, 15) is 9.59 Å². The molecule has 0 aromatic heterocycles. The van der Waals surface area contributed by atoms with Crippen molar-refractivity contribution in [2.45, 2.75) is 13.8 Å². The van der Waals surface area contributed by atoms with Gasteiger partial charge in [-0.05, 0) is 31.1 Å². The van der Waals surface area contributed by atoms with Gasteiger partial charge >= 0.3 is 11.9 Å². The minimum absolute atomic E-state index is 0.00685. The Morgan fingerprint density at radius 2 is 1.69 bits per heavy atom. The Bertz CT molecular complexity index is 486. The van der Waals surface area contributed by atoms with Crippen LogP contribution in [0.4, 0.5) is 0 Å². The number of hydrogen-bond donors (Lipinski definition) is 2. The van der Waals surface area contributed by atoms with Crippen molar-refractivity contribution in [3.63, 3.8) is 0 Å². The fourth-order valence-electron chi connectivity index (χ4n) is 1.60. The van der Waals surface area contributed by atoms with Crippen molar-refractivity contribution in [3.05, 3.63) is 41.0 Å². The first kappa shape index (κ1) is 12.0. The van der Waals surface area contributed by atoms with Gasteiger partial charge in [0.15, 0.2) is 0 Å². The summed E-state index contributed by atoms with van der Waals surface area (Å²) in [6, 6.07) is 2.88. The third-order valence-corrected chi connectivity index (χ3v) is 2.28. The van der Waals surface area contributed by atoms with E-state index in [0.717, 1.165) is 0 Å². The molecule has 0 radical (unpaired) electrons. The highest BCUT2D eigenvalue weighted by Gasteiger charge is 2.20. The van der Waals surface area contributed by atoms with E-state index in [4.69, 9.17) is 10.2 Å². The van der Waals surface area contributed by atoms with Crippen LogP contribution in [0.25, 0.3) is 5.57 Å². The van der Waals surface area contributed by atoms with Crippen molar-refractivity contribution in [3.8, 4) is 0 Å². The second-order valence-corrected chi connectivity index (χ2v) is 3.57. The largest absolute Gasteiger partial charge is 0.478 e. The molecule has 1 aromatic rings. The number of aryl methyl sites for hydroxylation is 1. The van der Waals surface area contributed by atoms with E-state index < -0.39 is 11.9 Å². The van der Waals surface area contributed by atoms with Crippen molar-refractivity contribution >= 4 is 17.5 Å². The lowest BCUT2D eigenvalue weighted by molar-refractivity contribution is 0.0695. The molecule has 0 heterocycles. The Morgan fingerprint density at radius 1 is 1.12 bits per heavy atom. The molecule has 0 aliphatic heterocycles. The summed E-state index contributed by atoms with van der Waals surface area (Å²) >= 11 is 0. The Morgan fingerprint density at radius 3 is 2.06 bits per heavy atom. The normalized spacial score (nSPS) is 9.88. The summed E-state index contributed by atoms with van der Waals surface area (Å²) in [7, 11) is 0. The minimum Gasteiger partial charge on any atom is -0.478 e. The molecular weight excluding hydrogens is 208 g/mol. The summed E-state index contributed by atoms with van der Waals surface area (Å²) in [4.78, 5) is 22.1. The number of carboxylic acid groups (broad SMARTS) is 2. The molecule has 0 fully saturated rings. The highest BCUT2D eigenvalue weighted by atomic mass is 16.4. The van der Waals surface area contributed by atoms with Crippen LogP contribution in [0.1, 0.15) is 38.8 Å². The van der Waals surface area contributed by atoms with Gasteiger partial charge in [-0.25, -0.2) is 9.59 Å². The topological polar surface area (TPSA) is 74.6 Å². The van der Waals surface area contributed by atoms with Crippen molar-refractivity contribution in [1.29, 1.82) is 0 Å². The molecular formula is C12H12O4. The van der Waals surface area contributed by atoms with Crippen molar-refractivity contribution in [2.24, 2.45) is 0 Å². The summed E-state index contributed by atoms with van der Waals surface area (Å²) in [5, 5.41) is 18.0. The maximum atomic E-state index is 11.1. The van der Waals surface area contributed by atoms with Gasteiger partial charge in [-0.15, -0.1) is 0 Å². The number of benzene rings is 1. The zero-order valence-corrected chi connectivity index (χ0v) is 9.07. The smallest absolute Gasteiger partial charge is 0.336 e. The number of rotatable bonds is 3. The van der Waals surface area contributed by atoms with E-state index in [2.05, 4.69) is 6.58 Å². The van der Waals surface area contributed by atoms with Gasteiger partial charge in [0.25, 0.3) is 0 Å². The summed E-state index contributed by atoms with van der Waals surface area (Å²) in [5.41, 5.74) is 1.12. The quantitative estimate of drug-likeness (QED) is 0.820. The standard InChI is InChI=1S/C12H12O4/c1-6(2)9-8(11(13)14)5-4-7(3)10(9)12(15)16/h4-5H,1H2,2-3H3,(H,13,14)(H,15,16). The molecule has 1 rings (SSSR count). The second-order valence-electron chi connectivity index (χ2n) is 3.57. The minimum atomic E-state index is -1.15. The van der Waals surface area contributed by atoms with Crippen LogP contribution in [0.15, 0.2) is 18.7 Å². The van der Waals surface area contributed by atoms with Crippen LogP contribution in [0.3, 0.4) is 0 Å². The first-order valence-corrected chi connectivity index (χ1v) is 4.62. The number of carboxylic acids is 2. The van der Waals surface area contributed by atoms with Crippen molar-refractivity contribution in [1.82, 2.24) is 0 Å². The molecule has 4 heteroatoms. The summed E-state index contributed by atoms with van der Waals surface area (Å²) in [5.74, 6) is -2.29. The van der Waals surface area contributed by atoms with E-state index in [1.807, 2.05) is 0 Å². The number of allylic oxidation sites excluding steroid dienone is 1. The molecule has 0 spiro atoms. The first-order chi connectivity index (χ1) is 7.36. The molecule has 2 N–H and O–H groups in total. The number of aromatic carboxylic acids is 2. The van der Waals surface area contributed by atoms with E-state index in [0.29, 0.717) is 11.1 Å². The molecule has 84 valence electrons. The summed E-state index contributed by atoms with van der Waals surface area (Å²) < 4.78 is 0. The molecule has 0 aliphatic rings. The molecule has 0 atom stereocenters. The Hall–Kier alpha value is -2.10. The summed E-state index contributed by atoms with van der Waals surface area (Å²) in [6.07, 6.45) is 0. The molecule has 0 saturated carbocycles. The van der Waals surface area contributed by atoms with E-state index in [-0.39, 0.29) is 16.7 Å². The van der Waals surface area contributed by atoms with Crippen LogP contribution in [-0.4, -0.2) is 22.2 Å². The third-order valence-electron chi connectivity index (χ3n) is 2.28. The zero-order chi connectivity index (χ0) is 12.5. The molecule has 0 bridgehead atoms. The van der Waals surface area contributed by atoms with Crippen LogP contribution < -0.4 is 0 Å². The number of hydrogen-bond acceptors (Lipinski definition) is 2. The van der Waals surface area contributed by atoms with E-state index in [1.165, 1.54) is 12.1 Å². The van der Waals surface area contributed by atoms with E-state index in [1.54, 1.807) is 13.8 Å². The Labute approximate surface area is 92.8 Å². The highest BCUT2D eigenvalue weighted by molar-refractivity contribution is 6.02. The van der Waals surface area contributed by atoms with E-state index >= 15 is 0 Å². The predicted molar refractivity (Wildman–Crippen MR) is 59.8 cm³/mol. The molecule has 0 unspecified atom stereocenters. The molecule has 0 aliphatic carbocycles. The average molecular weight is 220 g/mol. The van der Waals surface area contributed by atoms with Gasteiger partial charge in [0.1, 0.15) is 0 Å². The van der Waals surface area contributed by atoms with Gasteiger partial charge in [-0.3, -0.25) is 0 Å². The summed E-state index contributed by atoms with van der Waals surface area (Å²) in [6.45, 7) is 6.84. The maximum absolute atomic E-state index is 11.1. The SMILES string of the molecule is C=C(C)c1c(C(=O)O)ccc(C)c1C(=O)O. The maximum Gasteiger partial charge on any atom is 0.336 e. The Balaban J connectivity index is 3.70. The van der Waals surface area contributed by atoms with Gasteiger partial charge in [0.2, 0.25) is 0 Å². The second kappa shape index (κ2) is 4.18. The van der Waals surface area contributed by atoms with Crippen LogP contribution in [0.5, 0.6) is 0 Å². The van der Waals surface area contributed by atoms with Gasteiger partial charge in [0.05, 0.1) is 11.1 Å². The van der Waals surface area contributed by atoms with Crippen LogP contribution in [0, 0.1) is 6.92 Å². The van der Waals surface area contributed by atoms with Crippen molar-refractivity contribution < 1.29 is 19.8 Å². The highest BCUT2D eigenvalue weighted by Crippen LogP contribution is 2.25. The van der Waals surface area contributed by atoms with Crippen LogP contribution in [0.2, 0.25) is 0 Å². The van der Waals surface area contributed by atoms with Crippen LogP contribution in [-0.2, 0) is 0 Å². The molecule has 0 saturated heterocycles. The lowest BCUT2D eigenvalue weighted by atomic mass is 9.92. The Kier molecular flexibility index (Phi) is 3.13. The molecule has 4 nitrogen and oxygen atoms in total. The average Bonchev–Trinajstić information content (AvgIpc) is 2.15. The van der Waals surface area contributed by atoms with Gasteiger partial charge in [-0.2, -0.15) is 0 Å². The molecule has 0 amide bonds. The zero-order valence-electron chi connectivity index (χ0n) is 9.07. The fraction of sp³-hybridized carbons (Fsp3) is 0.167. The van der Waals surface area contributed by atoms with Crippen molar-refractivity contribution in [2.75, 3.05) is 0 Å². The fourth-order valence-corrected chi connectivity index (χ4v) is 1.60.